The number of hydrogen-bond donors (Lipinski definition) is 1. The minimum absolute atomic E-state index is 0.228. The van der Waals surface area contributed by atoms with Crippen LogP contribution in [0.1, 0.15) is 30.4 Å². The molecule has 0 aliphatic carbocycles. The fourth-order valence-electron chi connectivity index (χ4n) is 3.27. The summed E-state index contributed by atoms with van der Waals surface area (Å²) in [5.74, 6) is -0.266. The molecule has 2 aromatic carbocycles. The van der Waals surface area contributed by atoms with Crippen molar-refractivity contribution in [3.63, 3.8) is 0 Å². The van der Waals surface area contributed by atoms with Gasteiger partial charge in [-0.3, -0.25) is 4.79 Å². The second-order valence-electron chi connectivity index (χ2n) is 6.75. The lowest BCUT2D eigenvalue weighted by Crippen LogP contribution is -2.49. The smallest absolute Gasteiger partial charge is 0.243 e. The third-order valence-electron chi connectivity index (χ3n) is 4.76. The molecule has 6 heteroatoms. The van der Waals surface area contributed by atoms with E-state index in [2.05, 4.69) is 5.32 Å². The Labute approximate surface area is 155 Å². The van der Waals surface area contributed by atoms with Gasteiger partial charge in [0.1, 0.15) is 6.04 Å². The number of carbonyl (C=O) groups excluding carboxylic acids is 1. The molecule has 26 heavy (non-hydrogen) atoms. The van der Waals surface area contributed by atoms with Gasteiger partial charge in [0.25, 0.3) is 0 Å². The Morgan fingerprint density at radius 2 is 1.81 bits per heavy atom. The summed E-state index contributed by atoms with van der Waals surface area (Å²) in [6, 6.07) is 13.5. The molecule has 3 rings (SSSR count). The van der Waals surface area contributed by atoms with E-state index in [4.69, 9.17) is 0 Å². The van der Waals surface area contributed by atoms with E-state index in [1.54, 1.807) is 30.3 Å². The first-order chi connectivity index (χ1) is 12.4. The minimum Gasteiger partial charge on any atom is -0.324 e. The zero-order valence-electron chi connectivity index (χ0n) is 15.1. The Kier molecular flexibility index (Phi) is 5.44. The Bertz CT molecular complexity index is 895. The normalized spacial score (nSPS) is 18.5. The first kappa shape index (κ1) is 18.6. The van der Waals surface area contributed by atoms with E-state index in [0.717, 1.165) is 29.7 Å². The van der Waals surface area contributed by atoms with Crippen molar-refractivity contribution in [3.05, 3.63) is 59.7 Å². The van der Waals surface area contributed by atoms with Crippen LogP contribution in [0.15, 0.2) is 53.4 Å². The predicted molar refractivity (Wildman–Crippen MR) is 103 cm³/mol. The number of nitrogens with zero attached hydrogens (tertiary/aromatic N) is 1. The Morgan fingerprint density at radius 3 is 2.54 bits per heavy atom. The minimum atomic E-state index is -3.69. The highest BCUT2D eigenvalue weighted by atomic mass is 32.2. The van der Waals surface area contributed by atoms with Gasteiger partial charge < -0.3 is 5.32 Å². The lowest BCUT2D eigenvalue weighted by Gasteiger charge is -2.33. The lowest BCUT2D eigenvalue weighted by atomic mass is 10.0. The molecule has 1 atom stereocenters. The monoisotopic (exact) mass is 372 g/mol. The molecule has 0 saturated carbocycles. The summed E-state index contributed by atoms with van der Waals surface area (Å²) in [5.41, 5.74) is 2.73. The number of benzene rings is 2. The number of rotatable bonds is 4. The van der Waals surface area contributed by atoms with Crippen LogP contribution in [0.2, 0.25) is 0 Å². The summed E-state index contributed by atoms with van der Waals surface area (Å²) in [4.78, 5) is 13.1. The molecule has 1 heterocycles. The molecule has 1 aliphatic rings. The topological polar surface area (TPSA) is 66.5 Å². The third-order valence-corrected chi connectivity index (χ3v) is 6.68. The second-order valence-corrected chi connectivity index (χ2v) is 8.64. The number of sulfonamides is 1. The van der Waals surface area contributed by atoms with Gasteiger partial charge in [-0.05, 0) is 56.0 Å². The van der Waals surface area contributed by atoms with Gasteiger partial charge in [-0.15, -0.1) is 0 Å². The van der Waals surface area contributed by atoms with Gasteiger partial charge in [0.05, 0.1) is 4.90 Å². The summed E-state index contributed by atoms with van der Waals surface area (Å²) in [7, 11) is -3.69. The average molecular weight is 372 g/mol. The fourth-order valence-corrected chi connectivity index (χ4v) is 4.95. The van der Waals surface area contributed by atoms with Crippen molar-refractivity contribution in [2.45, 2.75) is 44.0 Å². The van der Waals surface area contributed by atoms with Gasteiger partial charge >= 0.3 is 0 Å². The molecular weight excluding hydrogens is 348 g/mol. The summed E-state index contributed by atoms with van der Waals surface area (Å²) in [6.45, 7) is 4.25. The highest BCUT2D eigenvalue weighted by molar-refractivity contribution is 7.89. The SMILES string of the molecule is Cc1ccc(C)c(NC(=O)[C@H]2CCCCN2S(=O)(=O)c2ccccc2)c1. The second kappa shape index (κ2) is 7.60. The fraction of sp³-hybridized carbons (Fsp3) is 0.350. The van der Waals surface area contributed by atoms with Crippen LogP contribution in [0.25, 0.3) is 0 Å². The molecule has 1 amide bonds. The summed E-state index contributed by atoms with van der Waals surface area (Å²) in [5, 5.41) is 2.93. The van der Waals surface area contributed by atoms with E-state index >= 15 is 0 Å². The number of nitrogens with one attached hydrogen (secondary N) is 1. The van der Waals surface area contributed by atoms with Gasteiger partial charge in [-0.2, -0.15) is 4.31 Å². The van der Waals surface area contributed by atoms with E-state index in [1.165, 1.54) is 4.31 Å². The highest BCUT2D eigenvalue weighted by Gasteiger charge is 2.37. The molecule has 2 aromatic rings. The molecule has 0 aromatic heterocycles. The summed E-state index contributed by atoms with van der Waals surface area (Å²) >= 11 is 0. The zero-order chi connectivity index (χ0) is 18.7. The quantitative estimate of drug-likeness (QED) is 0.893. The molecule has 0 spiro atoms. The van der Waals surface area contributed by atoms with Crippen molar-refractivity contribution in [1.29, 1.82) is 0 Å². The first-order valence-electron chi connectivity index (χ1n) is 8.84. The number of piperidine rings is 1. The van der Waals surface area contributed by atoms with Crippen LogP contribution in [0.3, 0.4) is 0 Å². The molecule has 1 N–H and O–H groups in total. The maximum atomic E-state index is 13.0. The number of anilines is 1. The van der Waals surface area contributed by atoms with E-state index in [-0.39, 0.29) is 10.8 Å². The summed E-state index contributed by atoms with van der Waals surface area (Å²) < 4.78 is 27.4. The van der Waals surface area contributed by atoms with Crippen molar-refractivity contribution >= 4 is 21.6 Å². The van der Waals surface area contributed by atoms with Crippen molar-refractivity contribution in [1.82, 2.24) is 4.31 Å². The van der Waals surface area contributed by atoms with Crippen LogP contribution in [0, 0.1) is 13.8 Å². The van der Waals surface area contributed by atoms with Crippen molar-refractivity contribution in [2.24, 2.45) is 0 Å². The standard InChI is InChI=1S/C20H24N2O3S/c1-15-11-12-16(2)18(14-15)21-20(23)19-10-6-7-13-22(19)26(24,25)17-8-4-3-5-9-17/h3-5,8-9,11-12,14,19H,6-7,10,13H2,1-2H3,(H,21,23)/t19-/m1/s1. The average Bonchev–Trinajstić information content (AvgIpc) is 2.65. The van der Waals surface area contributed by atoms with Crippen LogP contribution in [0.4, 0.5) is 5.69 Å². The number of aryl methyl sites for hydroxylation is 2. The molecule has 1 aliphatic heterocycles. The Hall–Kier alpha value is -2.18. The molecule has 5 nitrogen and oxygen atoms in total. The number of hydrogen-bond acceptors (Lipinski definition) is 3. The van der Waals surface area contributed by atoms with E-state index in [1.807, 2.05) is 32.0 Å². The third kappa shape index (κ3) is 3.81. The number of amides is 1. The number of carbonyl (C=O) groups is 1. The highest BCUT2D eigenvalue weighted by Crippen LogP contribution is 2.27. The van der Waals surface area contributed by atoms with Crippen molar-refractivity contribution < 1.29 is 13.2 Å². The van der Waals surface area contributed by atoms with Crippen LogP contribution in [-0.4, -0.2) is 31.2 Å². The molecule has 0 bridgehead atoms. The Morgan fingerprint density at radius 1 is 1.08 bits per heavy atom. The maximum Gasteiger partial charge on any atom is 0.243 e. The molecular formula is C20H24N2O3S. The molecule has 1 fully saturated rings. The Balaban J connectivity index is 1.87. The van der Waals surface area contributed by atoms with Crippen LogP contribution in [0.5, 0.6) is 0 Å². The molecule has 0 radical (unpaired) electrons. The molecule has 0 unspecified atom stereocenters. The van der Waals surface area contributed by atoms with Gasteiger partial charge in [-0.1, -0.05) is 36.8 Å². The maximum absolute atomic E-state index is 13.0. The van der Waals surface area contributed by atoms with Gasteiger partial charge in [-0.25, -0.2) is 8.42 Å². The van der Waals surface area contributed by atoms with Gasteiger partial charge in [0, 0.05) is 12.2 Å². The molecule has 1 saturated heterocycles. The van der Waals surface area contributed by atoms with Gasteiger partial charge in [0.2, 0.25) is 15.9 Å². The first-order valence-corrected chi connectivity index (χ1v) is 10.3. The lowest BCUT2D eigenvalue weighted by molar-refractivity contribution is -0.120. The summed E-state index contributed by atoms with van der Waals surface area (Å²) in [6.07, 6.45) is 2.13. The van der Waals surface area contributed by atoms with Crippen LogP contribution in [-0.2, 0) is 14.8 Å². The van der Waals surface area contributed by atoms with E-state index in [0.29, 0.717) is 13.0 Å². The van der Waals surface area contributed by atoms with E-state index < -0.39 is 16.1 Å². The van der Waals surface area contributed by atoms with Crippen molar-refractivity contribution in [2.75, 3.05) is 11.9 Å². The largest absolute Gasteiger partial charge is 0.324 e. The van der Waals surface area contributed by atoms with Crippen LogP contribution < -0.4 is 5.32 Å². The van der Waals surface area contributed by atoms with Crippen LogP contribution >= 0.6 is 0 Å². The zero-order valence-corrected chi connectivity index (χ0v) is 15.9. The molecule has 138 valence electrons. The van der Waals surface area contributed by atoms with Crippen molar-refractivity contribution in [3.8, 4) is 0 Å². The van der Waals surface area contributed by atoms with E-state index in [9.17, 15) is 13.2 Å². The van der Waals surface area contributed by atoms with Gasteiger partial charge in [0.15, 0.2) is 0 Å². The predicted octanol–water partition coefficient (Wildman–Crippen LogP) is 3.49.